The van der Waals surface area contributed by atoms with E-state index in [1.807, 2.05) is 37.3 Å². The first-order chi connectivity index (χ1) is 13.0. The van der Waals surface area contributed by atoms with E-state index < -0.39 is 5.41 Å². The molecule has 6 nitrogen and oxygen atoms in total. The summed E-state index contributed by atoms with van der Waals surface area (Å²) in [4.78, 5) is 21.0. The van der Waals surface area contributed by atoms with Gasteiger partial charge in [-0.3, -0.25) is 9.79 Å². The number of ether oxygens (including phenoxy) is 1. The quantitative estimate of drug-likeness (QED) is 0.796. The van der Waals surface area contributed by atoms with Gasteiger partial charge in [-0.25, -0.2) is 4.98 Å². The zero-order valence-electron chi connectivity index (χ0n) is 15.3. The van der Waals surface area contributed by atoms with E-state index in [4.69, 9.17) is 10.00 Å². The second-order valence-corrected chi connectivity index (χ2v) is 6.45. The molecule has 0 bridgehead atoms. The summed E-state index contributed by atoms with van der Waals surface area (Å²) >= 11 is 0. The van der Waals surface area contributed by atoms with E-state index in [0.717, 1.165) is 16.7 Å². The van der Waals surface area contributed by atoms with Crippen LogP contribution in [0, 0.1) is 23.7 Å². The number of aromatic nitrogens is 1. The highest BCUT2D eigenvalue weighted by molar-refractivity contribution is 5.95. The van der Waals surface area contributed by atoms with E-state index in [2.05, 4.69) is 27.9 Å². The highest BCUT2D eigenvalue weighted by Crippen LogP contribution is 2.45. The van der Waals surface area contributed by atoms with Crippen LogP contribution in [0.4, 0.5) is 5.69 Å². The molecule has 0 unspecified atom stereocenters. The second-order valence-electron chi connectivity index (χ2n) is 6.45. The maximum absolute atomic E-state index is 12.1. The van der Waals surface area contributed by atoms with Crippen LogP contribution in [0.15, 0.2) is 53.8 Å². The van der Waals surface area contributed by atoms with Crippen molar-refractivity contribution in [3.05, 3.63) is 54.4 Å². The van der Waals surface area contributed by atoms with Crippen LogP contribution in [-0.2, 0) is 4.79 Å². The number of aliphatic imine (C=N–C) groups is 1. The number of nitrogens with one attached hydrogen (secondary N) is 1. The van der Waals surface area contributed by atoms with Crippen molar-refractivity contribution in [1.82, 2.24) is 10.3 Å². The molecule has 1 saturated carbocycles. The predicted octanol–water partition coefficient (Wildman–Crippen LogP) is 3.70. The number of amides is 1. The molecule has 0 saturated heterocycles. The lowest BCUT2D eigenvalue weighted by Crippen LogP contribution is -2.30. The first kappa shape index (κ1) is 18.3. The van der Waals surface area contributed by atoms with Gasteiger partial charge in [0.15, 0.2) is 0 Å². The Bertz CT molecular complexity index is 954. The van der Waals surface area contributed by atoms with Crippen LogP contribution in [0.3, 0.4) is 0 Å². The average molecular weight is 360 g/mol. The van der Waals surface area contributed by atoms with Gasteiger partial charge in [0.05, 0.1) is 30.8 Å². The van der Waals surface area contributed by atoms with Gasteiger partial charge in [-0.2, -0.15) is 5.26 Å². The third-order valence-corrected chi connectivity index (χ3v) is 4.54. The topological polar surface area (TPSA) is 87.4 Å². The molecule has 136 valence electrons. The minimum absolute atomic E-state index is 0.325. The van der Waals surface area contributed by atoms with Gasteiger partial charge in [0.1, 0.15) is 5.41 Å². The Morgan fingerprint density at radius 1 is 1.41 bits per heavy atom. The maximum Gasteiger partial charge on any atom is 0.244 e. The van der Waals surface area contributed by atoms with Crippen molar-refractivity contribution in [2.45, 2.75) is 19.8 Å². The van der Waals surface area contributed by atoms with Crippen molar-refractivity contribution < 1.29 is 9.53 Å². The fraction of sp³-hybridized carbons (Fsp3) is 0.238. The van der Waals surface area contributed by atoms with Crippen LogP contribution in [0.5, 0.6) is 5.88 Å². The van der Waals surface area contributed by atoms with Gasteiger partial charge in [0.2, 0.25) is 11.8 Å². The van der Waals surface area contributed by atoms with Crippen molar-refractivity contribution in [3.63, 3.8) is 0 Å². The van der Waals surface area contributed by atoms with E-state index in [1.54, 1.807) is 13.3 Å². The highest BCUT2D eigenvalue weighted by Gasteiger charge is 2.50. The SMILES string of the molecule is C=C(/C=N\c1c(-c2ccccc2)cnc(OC)c1C)NC(=O)C1(C#N)CC1. The Morgan fingerprint density at radius 3 is 2.70 bits per heavy atom. The predicted molar refractivity (Wildman–Crippen MR) is 104 cm³/mol. The summed E-state index contributed by atoms with van der Waals surface area (Å²) in [5.74, 6) is 0.159. The Balaban J connectivity index is 1.89. The minimum Gasteiger partial charge on any atom is -0.481 e. The molecule has 0 atom stereocenters. The number of rotatable bonds is 6. The lowest BCUT2D eigenvalue weighted by atomic mass is 10.0. The van der Waals surface area contributed by atoms with Gasteiger partial charge in [0, 0.05) is 17.3 Å². The third-order valence-electron chi connectivity index (χ3n) is 4.54. The molecule has 1 aromatic heterocycles. The Labute approximate surface area is 158 Å². The molecule has 0 aliphatic heterocycles. The van der Waals surface area contributed by atoms with Crippen molar-refractivity contribution >= 4 is 17.8 Å². The van der Waals surface area contributed by atoms with Gasteiger partial charge in [0.25, 0.3) is 0 Å². The van der Waals surface area contributed by atoms with Crippen molar-refractivity contribution in [3.8, 4) is 23.1 Å². The summed E-state index contributed by atoms with van der Waals surface area (Å²) in [6, 6.07) is 11.8. The lowest BCUT2D eigenvalue weighted by molar-refractivity contribution is -0.123. The van der Waals surface area contributed by atoms with Crippen LogP contribution in [0.2, 0.25) is 0 Å². The monoisotopic (exact) mass is 360 g/mol. The summed E-state index contributed by atoms with van der Waals surface area (Å²) in [5, 5.41) is 11.8. The number of nitrogens with zero attached hydrogens (tertiary/aromatic N) is 3. The van der Waals surface area contributed by atoms with E-state index in [0.29, 0.717) is 30.1 Å². The van der Waals surface area contributed by atoms with E-state index in [9.17, 15) is 4.79 Å². The summed E-state index contributed by atoms with van der Waals surface area (Å²) < 4.78 is 5.30. The lowest BCUT2D eigenvalue weighted by Gasteiger charge is -2.12. The van der Waals surface area contributed by atoms with E-state index in [-0.39, 0.29) is 5.91 Å². The molecule has 6 heteroatoms. The van der Waals surface area contributed by atoms with Crippen molar-refractivity contribution in [1.29, 1.82) is 5.26 Å². The van der Waals surface area contributed by atoms with Crippen molar-refractivity contribution in [2.75, 3.05) is 7.11 Å². The molecule has 1 fully saturated rings. The summed E-state index contributed by atoms with van der Waals surface area (Å²) in [5.41, 5.74) is 2.71. The molecule has 0 spiro atoms. The molecular weight excluding hydrogens is 340 g/mol. The van der Waals surface area contributed by atoms with Crippen LogP contribution in [-0.4, -0.2) is 24.2 Å². The number of carbonyl (C=O) groups excluding carboxylic acids is 1. The molecule has 1 amide bonds. The summed E-state index contributed by atoms with van der Waals surface area (Å²) in [7, 11) is 1.56. The van der Waals surface area contributed by atoms with Crippen molar-refractivity contribution in [2.24, 2.45) is 10.4 Å². The number of allylic oxidation sites excluding steroid dienone is 1. The first-order valence-electron chi connectivity index (χ1n) is 8.55. The molecular formula is C21H20N4O2. The van der Waals surface area contributed by atoms with Crippen LogP contribution in [0.1, 0.15) is 18.4 Å². The highest BCUT2D eigenvalue weighted by atomic mass is 16.5. The summed E-state index contributed by atoms with van der Waals surface area (Å²) in [6.07, 6.45) is 4.36. The standard InChI is InChI=1S/C21H20N4O2/c1-14(25-20(26)21(13-22)9-10-21)11-23-18-15(2)19(27-3)24-12-17(18)16-7-5-4-6-8-16/h4-8,11-12H,1,9-10H2,2-3H3,(H,25,26)/b23-11-. The van der Waals surface area contributed by atoms with E-state index >= 15 is 0 Å². The van der Waals surface area contributed by atoms with E-state index in [1.165, 1.54) is 6.21 Å². The zero-order valence-corrected chi connectivity index (χ0v) is 15.3. The third kappa shape index (κ3) is 3.72. The smallest absolute Gasteiger partial charge is 0.244 e. The van der Waals surface area contributed by atoms with Gasteiger partial charge >= 0.3 is 0 Å². The van der Waals surface area contributed by atoms with Crippen LogP contribution >= 0.6 is 0 Å². The number of hydrogen-bond acceptors (Lipinski definition) is 5. The number of benzene rings is 1. The van der Waals surface area contributed by atoms with Crippen LogP contribution in [0.25, 0.3) is 11.1 Å². The number of hydrogen-bond donors (Lipinski definition) is 1. The van der Waals surface area contributed by atoms with Gasteiger partial charge < -0.3 is 10.1 Å². The molecule has 27 heavy (non-hydrogen) atoms. The zero-order chi connectivity index (χ0) is 19.4. The molecule has 2 aromatic rings. The fourth-order valence-electron chi connectivity index (χ4n) is 2.74. The fourth-order valence-corrected chi connectivity index (χ4v) is 2.74. The number of carbonyl (C=O) groups is 1. The molecule has 1 heterocycles. The Hall–Kier alpha value is -3.46. The molecule has 1 aliphatic carbocycles. The Kier molecular flexibility index (Phi) is 5.04. The largest absolute Gasteiger partial charge is 0.481 e. The average Bonchev–Trinajstić information content (AvgIpc) is 3.49. The number of nitriles is 1. The maximum atomic E-state index is 12.1. The van der Waals surface area contributed by atoms with Crippen LogP contribution < -0.4 is 10.1 Å². The van der Waals surface area contributed by atoms with Gasteiger partial charge in [-0.1, -0.05) is 36.9 Å². The second kappa shape index (κ2) is 7.42. The molecule has 0 radical (unpaired) electrons. The molecule has 1 aromatic carbocycles. The summed E-state index contributed by atoms with van der Waals surface area (Å²) in [6.45, 7) is 5.70. The number of pyridine rings is 1. The molecule has 1 aliphatic rings. The van der Waals surface area contributed by atoms with Gasteiger partial charge in [-0.05, 0) is 25.3 Å². The minimum atomic E-state index is -0.901. The first-order valence-corrected chi connectivity index (χ1v) is 8.55. The molecule has 3 rings (SSSR count). The number of methoxy groups -OCH3 is 1. The Morgan fingerprint density at radius 2 is 2.11 bits per heavy atom. The molecule has 1 N–H and O–H groups in total. The normalized spacial score (nSPS) is 14.4. The van der Waals surface area contributed by atoms with Gasteiger partial charge in [-0.15, -0.1) is 0 Å².